The standard InChI is InChI=1S/C15H21NO3/c1-18-15(17)13-4-6-14(7-5-13)19-10-8-12-3-2-9-16-11-12/h2-3,9,11,13-14H,4-8,10H2,1H3. The second-order valence-corrected chi connectivity index (χ2v) is 4.98. The number of carbonyl (C=O) groups excluding carboxylic acids is 1. The predicted molar refractivity (Wildman–Crippen MR) is 71.7 cm³/mol. The Morgan fingerprint density at radius 2 is 2.16 bits per heavy atom. The van der Waals surface area contributed by atoms with Crippen LogP contribution in [-0.4, -0.2) is 30.8 Å². The van der Waals surface area contributed by atoms with E-state index in [0.717, 1.165) is 38.7 Å². The minimum absolute atomic E-state index is 0.0724. The fourth-order valence-corrected chi connectivity index (χ4v) is 2.52. The Balaban J connectivity index is 1.65. The number of pyridine rings is 1. The maximum atomic E-state index is 11.4. The van der Waals surface area contributed by atoms with Crippen LogP contribution in [0.2, 0.25) is 0 Å². The lowest BCUT2D eigenvalue weighted by Crippen LogP contribution is -2.27. The molecule has 1 aliphatic carbocycles. The van der Waals surface area contributed by atoms with Crippen LogP contribution >= 0.6 is 0 Å². The molecule has 4 nitrogen and oxygen atoms in total. The van der Waals surface area contributed by atoms with Crippen LogP contribution in [0.5, 0.6) is 0 Å². The molecule has 1 saturated carbocycles. The van der Waals surface area contributed by atoms with E-state index in [1.165, 1.54) is 12.7 Å². The number of rotatable bonds is 5. The summed E-state index contributed by atoms with van der Waals surface area (Å²) in [5, 5.41) is 0. The number of nitrogens with zero attached hydrogens (tertiary/aromatic N) is 1. The largest absolute Gasteiger partial charge is 0.469 e. The van der Waals surface area contributed by atoms with Crippen molar-refractivity contribution < 1.29 is 14.3 Å². The average Bonchev–Trinajstić information content (AvgIpc) is 2.48. The van der Waals surface area contributed by atoms with Gasteiger partial charge in [-0.15, -0.1) is 0 Å². The van der Waals surface area contributed by atoms with Gasteiger partial charge in [0.2, 0.25) is 0 Å². The molecule has 1 aliphatic rings. The van der Waals surface area contributed by atoms with E-state index >= 15 is 0 Å². The van der Waals surface area contributed by atoms with Crippen molar-refractivity contribution in [3.8, 4) is 0 Å². The highest BCUT2D eigenvalue weighted by Gasteiger charge is 2.27. The minimum Gasteiger partial charge on any atom is -0.469 e. The molecule has 1 heterocycles. The van der Waals surface area contributed by atoms with Crippen molar-refractivity contribution in [1.82, 2.24) is 4.98 Å². The number of carbonyl (C=O) groups is 1. The third kappa shape index (κ3) is 4.31. The van der Waals surface area contributed by atoms with E-state index in [-0.39, 0.29) is 18.0 Å². The third-order valence-corrected chi connectivity index (χ3v) is 3.68. The highest BCUT2D eigenvalue weighted by molar-refractivity contribution is 5.72. The molecule has 0 bridgehead atoms. The molecule has 0 atom stereocenters. The van der Waals surface area contributed by atoms with Crippen molar-refractivity contribution in [2.45, 2.75) is 38.2 Å². The number of methoxy groups -OCH3 is 1. The SMILES string of the molecule is COC(=O)C1CCC(OCCc2cccnc2)CC1. The lowest BCUT2D eigenvalue weighted by molar-refractivity contribution is -0.147. The Hall–Kier alpha value is -1.42. The van der Waals surface area contributed by atoms with Crippen LogP contribution in [0.3, 0.4) is 0 Å². The first-order chi connectivity index (χ1) is 9.29. The Morgan fingerprint density at radius 1 is 1.37 bits per heavy atom. The van der Waals surface area contributed by atoms with E-state index in [1.54, 1.807) is 6.20 Å². The van der Waals surface area contributed by atoms with Gasteiger partial charge < -0.3 is 9.47 Å². The number of aromatic nitrogens is 1. The monoisotopic (exact) mass is 263 g/mol. The first-order valence-corrected chi connectivity index (χ1v) is 6.88. The highest BCUT2D eigenvalue weighted by Crippen LogP contribution is 2.27. The van der Waals surface area contributed by atoms with Gasteiger partial charge in [-0.25, -0.2) is 0 Å². The van der Waals surface area contributed by atoms with E-state index in [2.05, 4.69) is 11.1 Å². The van der Waals surface area contributed by atoms with Crippen LogP contribution in [-0.2, 0) is 20.7 Å². The predicted octanol–water partition coefficient (Wildman–Crippen LogP) is 2.37. The first kappa shape index (κ1) is 14.0. The molecule has 0 aromatic carbocycles. The molecule has 4 heteroatoms. The van der Waals surface area contributed by atoms with Crippen molar-refractivity contribution in [2.75, 3.05) is 13.7 Å². The first-order valence-electron chi connectivity index (χ1n) is 6.88. The number of esters is 1. The summed E-state index contributed by atoms with van der Waals surface area (Å²) in [5.74, 6) is -0.00279. The molecule has 0 unspecified atom stereocenters. The molecular formula is C15H21NO3. The third-order valence-electron chi connectivity index (χ3n) is 3.68. The van der Waals surface area contributed by atoms with E-state index in [0.29, 0.717) is 0 Å². The van der Waals surface area contributed by atoms with E-state index < -0.39 is 0 Å². The second kappa shape index (κ2) is 7.24. The van der Waals surface area contributed by atoms with Gasteiger partial charge in [-0.05, 0) is 43.7 Å². The van der Waals surface area contributed by atoms with Crippen LogP contribution in [0.4, 0.5) is 0 Å². The van der Waals surface area contributed by atoms with E-state index in [4.69, 9.17) is 9.47 Å². The molecule has 0 amide bonds. The van der Waals surface area contributed by atoms with Gasteiger partial charge in [0.25, 0.3) is 0 Å². The van der Waals surface area contributed by atoms with Gasteiger partial charge in [-0.3, -0.25) is 9.78 Å². The number of hydrogen-bond donors (Lipinski definition) is 0. The minimum atomic E-state index is -0.0752. The molecule has 0 saturated heterocycles. The Bertz CT molecular complexity index is 386. The number of hydrogen-bond acceptors (Lipinski definition) is 4. The zero-order valence-electron chi connectivity index (χ0n) is 11.4. The molecular weight excluding hydrogens is 242 g/mol. The number of ether oxygens (including phenoxy) is 2. The molecule has 1 aromatic heterocycles. The van der Waals surface area contributed by atoms with Crippen molar-refractivity contribution >= 4 is 5.97 Å². The lowest BCUT2D eigenvalue weighted by atomic mass is 9.87. The van der Waals surface area contributed by atoms with Gasteiger partial charge in [-0.2, -0.15) is 0 Å². The van der Waals surface area contributed by atoms with Crippen molar-refractivity contribution in [2.24, 2.45) is 5.92 Å². The summed E-state index contributed by atoms with van der Waals surface area (Å²) in [4.78, 5) is 15.5. The van der Waals surface area contributed by atoms with Crippen LogP contribution in [0, 0.1) is 5.92 Å². The topological polar surface area (TPSA) is 48.4 Å². The summed E-state index contributed by atoms with van der Waals surface area (Å²) in [5.41, 5.74) is 1.20. The smallest absolute Gasteiger partial charge is 0.308 e. The highest BCUT2D eigenvalue weighted by atomic mass is 16.5. The van der Waals surface area contributed by atoms with Crippen LogP contribution in [0.1, 0.15) is 31.2 Å². The molecule has 2 rings (SSSR count). The summed E-state index contributed by atoms with van der Waals surface area (Å²) in [7, 11) is 1.46. The van der Waals surface area contributed by atoms with E-state index in [1.807, 2.05) is 12.3 Å². The van der Waals surface area contributed by atoms with Crippen molar-refractivity contribution in [1.29, 1.82) is 0 Å². The molecule has 0 radical (unpaired) electrons. The van der Waals surface area contributed by atoms with Gasteiger partial charge >= 0.3 is 5.97 Å². The van der Waals surface area contributed by atoms with Gasteiger partial charge in [0.05, 0.1) is 25.7 Å². The molecule has 0 N–H and O–H groups in total. The summed E-state index contributed by atoms with van der Waals surface area (Å²) in [6.07, 6.45) is 8.49. The summed E-state index contributed by atoms with van der Waals surface area (Å²) in [6.45, 7) is 0.721. The molecule has 104 valence electrons. The van der Waals surface area contributed by atoms with Crippen LogP contribution < -0.4 is 0 Å². The zero-order chi connectivity index (χ0) is 13.5. The normalized spacial score (nSPS) is 23.0. The maximum absolute atomic E-state index is 11.4. The fraction of sp³-hybridized carbons (Fsp3) is 0.600. The summed E-state index contributed by atoms with van der Waals surface area (Å²) >= 11 is 0. The van der Waals surface area contributed by atoms with Crippen molar-refractivity contribution in [3.63, 3.8) is 0 Å². The van der Waals surface area contributed by atoms with Gasteiger partial charge in [0, 0.05) is 12.4 Å². The molecule has 0 aliphatic heterocycles. The molecule has 19 heavy (non-hydrogen) atoms. The van der Waals surface area contributed by atoms with E-state index in [9.17, 15) is 4.79 Å². The van der Waals surface area contributed by atoms with Gasteiger partial charge in [0.1, 0.15) is 0 Å². The van der Waals surface area contributed by atoms with Crippen molar-refractivity contribution in [3.05, 3.63) is 30.1 Å². The second-order valence-electron chi connectivity index (χ2n) is 4.98. The average molecular weight is 263 g/mol. The van der Waals surface area contributed by atoms with Crippen LogP contribution in [0.25, 0.3) is 0 Å². The Morgan fingerprint density at radius 3 is 2.79 bits per heavy atom. The molecule has 0 spiro atoms. The van der Waals surface area contributed by atoms with Gasteiger partial charge in [-0.1, -0.05) is 6.07 Å². The molecule has 1 fully saturated rings. The maximum Gasteiger partial charge on any atom is 0.308 e. The Kier molecular flexibility index (Phi) is 5.33. The molecule has 1 aromatic rings. The summed E-state index contributed by atoms with van der Waals surface area (Å²) in [6, 6.07) is 4.00. The lowest BCUT2D eigenvalue weighted by Gasteiger charge is -2.26. The summed E-state index contributed by atoms with van der Waals surface area (Å²) < 4.78 is 10.6. The zero-order valence-corrected chi connectivity index (χ0v) is 11.4. The Labute approximate surface area is 114 Å². The van der Waals surface area contributed by atoms with Crippen LogP contribution in [0.15, 0.2) is 24.5 Å². The fourth-order valence-electron chi connectivity index (χ4n) is 2.52. The quantitative estimate of drug-likeness (QED) is 0.765. The van der Waals surface area contributed by atoms with Gasteiger partial charge in [0.15, 0.2) is 0 Å².